The van der Waals surface area contributed by atoms with Crippen LogP contribution < -0.4 is 20.4 Å². The number of hydrogen-bond acceptors (Lipinski definition) is 8. The predicted octanol–water partition coefficient (Wildman–Crippen LogP) is -1.74. The molecule has 1 aromatic carbocycles. The molecule has 0 aromatic heterocycles. The molecule has 0 radical (unpaired) electrons. The van der Waals surface area contributed by atoms with Crippen molar-refractivity contribution in [3.8, 4) is 11.5 Å². The molecule has 1 atom stereocenters. The number of aliphatic hydroxyl groups excluding tert-OH is 1. The van der Waals surface area contributed by atoms with Gasteiger partial charge in [-0.3, -0.25) is 9.69 Å². The van der Waals surface area contributed by atoms with Gasteiger partial charge in [-0.25, -0.2) is 4.79 Å². The first-order valence-corrected chi connectivity index (χ1v) is 8.68. The first-order valence-electron chi connectivity index (χ1n) is 8.68. The van der Waals surface area contributed by atoms with Gasteiger partial charge < -0.3 is 35.7 Å². The maximum atomic E-state index is 11.7. The molecule has 3 rings (SSSR count). The molecule has 0 bridgehead atoms. The Morgan fingerprint density at radius 2 is 2.19 bits per heavy atom. The van der Waals surface area contributed by atoms with E-state index in [4.69, 9.17) is 15.1 Å². The van der Waals surface area contributed by atoms with Crippen molar-refractivity contribution in [1.82, 2.24) is 10.2 Å². The maximum Gasteiger partial charge on any atom is 0.522 e. The third-order valence-corrected chi connectivity index (χ3v) is 4.59. The number of aryl methyl sites for hydroxylation is 1. The highest BCUT2D eigenvalue weighted by Gasteiger charge is 2.35. The Kier molecular flexibility index (Phi) is 5.85. The number of nitrogens with zero attached hydrogens (tertiary/aromatic N) is 1. The highest BCUT2D eigenvalue weighted by atomic mass is 16.5. The number of carboxylic acid groups (broad SMARTS) is 1. The van der Waals surface area contributed by atoms with Crippen molar-refractivity contribution in [2.24, 2.45) is 5.73 Å². The summed E-state index contributed by atoms with van der Waals surface area (Å²) in [6, 6.07) is 3.32. The van der Waals surface area contributed by atoms with Gasteiger partial charge in [-0.1, -0.05) is 6.07 Å². The fraction of sp³-hybridized carbons (Fsp3) is 0.500. The number of aliphatic hydroxyl groups is 1. The molecule has 1 amide bonds. The number of benzene rings is 1. The molecule has 1 aromatic rings. The van der Waals surface area contributed by atoms with Crippen molar-refractivity contribution in [1.29, 1.82) is 0 Å². The molecule has 2 aliphatic rings. The SMILES string of the molecule is NCC(=O)NCC(O)N1CC(Oc2ccc3c(c2C(=O)O)OB(O)CC3)C1. The highest BCUT2D eigenvalue weighted by Crippen LogP contribution is 2.37. The van der Waals surface area contributed by atoms with Crippen LogP contribution in [0.5, 0.6) is 11.5 Å². The lowest BCUT2D eigenvalue weighted by Gasteiger charge is -2.42. The summed E-state index contributed by atoms with van der Waals surface area (Å²) in [4.78, 5) is 24.5. The van der Waals surface area contributed by atoms with Crippen molar-refractivity contribution in [2.45, 2.75) is 25.1 Å². The van der Waals surface area contributed by atoms with Gasteiger partial charge in [0.15, 0.2) is 0 Å². The van der Waals surface area contributed by atoms with E-state index in [0.29, 0.717) is 31.4 Å². The lowest BCUT2D eigenvalue weighted by Crippen LogP contribution is -2.60. The van der Waals surface area contributed by atoms with Crippen molar-refractivity contribution < 1.29 is 34.2 Å². The van der Waals surface area contributed by atoms with Crippen LogP contribution >= 0.6 is 0 Å². The predicted molar refractivity (Wildman–Crippen MR) is 94.6 cm³/mol. The average molecular weight is 379 g/mol. The molecular formula is C16H22BN3O7. The van der Waals surface area contributed by atoms with Crippen molar-refractivity contribution in [3.05, 3.63) is 23.3 Å². The lowest BCUT2D eigenvalue weighted by atomic mass is 9.78. The van der Waals surface area contributed by atoms with Crippen LogP contribution in [-0.4, -0.2) is 77.6 Å². The van der Waals surface area contributed by atoms with Crippen LogP contribution in [0.15, 0.2) is 12.1 Å². The maximum absolute atomic E-state index is 11.7. The molecule has 10 nitrogen and oxygen atoms in total. The molecule has 2 heterocycles. The number of hydrogen-bond donors (Lipinski definition) is 5. The third kappa shape index (κ3) is 4.33. The minimum absolute atomic E-state index is 0.0493. The molecule has 6 N–H and O–H groups in total. The van der Waals surface area contributed by atoms with Crippen LogP contribution in [0.2, 0.25) is 6.32 Å². The summed E-state index contributed by atoms with van der Waals surface area (Å²) in [5, 5.41) is 31.7. The van der Waals surface area contributed by atoms with E-state index in [2.05, 4.69) is 5.32 Å². The summed E-state index contributed by atoms with van der Waals surface area (Å²) in [5.74, 6) is -1.26. The summed E-state index contributed by atoms with van der Waals surface area (Å²) in [5.41, 5.74) is 5.79. The number of rotatable bonds is 7. The largest absolute Gasteiger partial charge is 0.535 e. The van der Waals surface area contributed by atoms with Gasteiger partial charge in [0.05, 0.1) is 13.1 Å². The van der Waals surface area contributed by atoms with Gasteiger partial charge in [-0.05, 0) is 24.4 Å². The Morgan fingerprint density at radius 1 is 1.44 bits per heavy atom. The van der Waals surface area contributed by atoms with Crippen LogP contribution in [0.25, 0.3) is 0 Å². The van der Waals surface area contributed by atoms with Gasteiger partial charge in [0.1, 0.15) is 29.4 Å². The molecule has 0 saturated carbocycles. The lowest BCUT2D eigenvalue weighted by molar-refractivity contribution is -0.123. The first kappa shape index (κ1) is 19.4. The van der Waals surface area contributed by atoms with E-state index in [-0.39, 0.29) is 42.2 Å². The summed E-state index contributed by atoms with van der Waals surface area (Å²) < 4.78 is 11.1. The number of amides is 1. The number of nitrogens with one attached hydrogen (secondary N) is 1. The minimum Gasteiger partial charge on any atom is -0.535 e. The Morgan fingerprint density at radius 3 is 2.85 bits per heavy atom. The second-order valence-corrected chi connectivity index (χ2v) is 6.53. The molecule has 27 heavy (non-hydrogen) atoms. The molecule has 0 spiro atoms. The average Bonchev–Trinajstić information content (AvgIpc) is 2.61. The molecule has 146 valence electrons. The summed E-state index contributed by atoms with van der Waals surface area (Å²) in [6.07, 6.45) is -0.256. The molecule has 11 heteroatoms. The topological polar surface area (TPSA) is 155 Å². The van der Waals surface area contributed by atoms with Gasteiger partial charge in [0.2, 0.25) is 5.91 Å². The van der Waals surface area contributed by atoms with Crippen molar-refractivity contribution >= 4 is 19.0 Å². The Bertz CT molecular complexity index is 726. The zero-order valence-electron chi connectivity index (χ0n) is 14.6. The number of likely N-dealkylation sites (tertiary alicyclic amines) is 1. The number of carboxylic acids is 1. The normalized spacial score (nSPS) is 18.1. The summed E-state index contributed by atoms with van der Waals surface area (Å²) in [7, 11) is -1.04. The second-order valence-electron chi connectivity index (χ2n) is 6.53. The number of carbonyl (C=O) groups excluding carboxylic acids is 1. The van der Waals surface area contributed by atoms with Crippen LogP contribution in [0, 0.1) is 0 Å². The quantitative estimate of drug-likeness (QED) is 0.347. The second kappa shape index (κ2) is 8.13. The minimum atomic E-state index is -1.20. The van der Waals surface area contributed by atoms with E-state index in [0.717, 1.165) is 0 Å². The van der Waals surface area contributed by atoms with Gasteiger partial charge >= 0.3 is 13.1 Å². The van der Waals surface area contributed by atoms with Crippen molar-refractivity contribution in [3.63, 3.8) is 0 Å². The third-order valence-electron chi connectivity index (χ3n) is 4.59. The van der Waals surface area contributed by atoms with Crippen LogP contribution in [0.1, 0.15) is 15.9 Å². The number of carbonyl (C=O) groups is 2. The molecule has 0 aliphatic carbocycles. The van der Waals surface area contributed by atoms with E-state index >= 15 is 0 Å². The Balaban J connectivity index is 1.62. The fourth-order valence-electron chi connectivity index (χ4n) is 3.09. The van der Waals surface area contributed by atoms with Crippen LogP contribution in [0.4, 0.5) is 0 Å². The van der Waals surface area contributed by atoms with Crippen LogP contribution in [-0.2, 0) is 11.2 Å². The number of ether oxygens (including phenoxy) is 1. The molecular weight excluding hydrogens is 357 g/mol. The van der Waals surface area contributed by atoms with Gasteiger partial charge in [-0.15, -0.1) is 0 Å². The zero-order valence-corrected chi connectivity index (χ0v) is 14.6. The molecule has 1 fully saturated rings. The molecule has 1 unspecified atom stereocenters. The monoisotopic (exact) mass is 379 g/mol. The molecule has 1 saturated heterocycles. The van der Waals surface area contributed by atoms with E-state index in [1.54, 1.807) is 17.0 Å². The Labute approximate surface area is 156 Å². The van der Waals surface area contributed by atoms with E-state index in [1.807, 2.05) is 0 Å². The number of nitrogens with two attached hydrogens (primary N) is 1. The number of fused-ring (bicyclic) bond motifs is 1. The Hall–Kier alpha value is -2.34. The smallest absolute Gasteiger partial charge is 0.522 e. The van der Waals surface area contributed by atoms with Gasteiger partial charge in [0.25, 0.3) is 0 Å². The van der Waals surface area contributed by atoms with Gasteiger partial charge in [-0.2, -0.15) is 0 Å². The molecule has 2 aliphatic heterocycles. The van der Waals surface area contributed by atoms with Gasteiger partial charge in [0, 0.05) is 13.1 Å². The highest BCUT2D eigenvalue weighted by molar-refractivity contribution is 6.44. The summed E-state index contributed by atoms with van der Waals surface area (Å²) >= 11 is 0. The van der Waals surface area contributed by atoms with Crippen molar-refractivity contribution in [2.75, 3.05) is 26.2 Å². The standard InChI is InChI=1S/C16H22BN3O7/c18-5-12(21)19-6-13(22)20-7-10(8-20)26-11-2-1-9-3-4-17(25)27-15(9)14(11)16(23)24/h1-2,10,13,22,25H,3-8,18H2,(H,19,21)(H,23,24). The fourth-order valence-corrected chi connectivity index (χ4v) is 3.09. The summed E-state index contributed by atoms with van der Waals surface area (Å²) in [6.45, 7) is 0.651. The van der Waals surface area contributed by atoms with E-state index in [1.165, 1.54) is 0 Å². The van der Waals surface area contributed by atoms with E-state index < -0.39 is 19.3 Å². The first-order chi connectivity index (χ1) is 12.9. The van der Waals surface area contributed by atoms with Crippen LogP contribution in [0.3, 0.4) is 0 Å². The number of aromatic carboxylic acids is 1. The zero-order chi connectivity index (χ0) is 19.6. The van der Waals surface area contributed by atoms with E-state index in [9.17, 15) is 24.8 Å².